The monoisotopic (exact) mass is 700 g/mol. The van der Waals surface area contributed by atoms with Crippen LogP contribution in [0.2, 0.25) is 0 Å². The van der Waals surface area contributed by atoms with Crippen molar-refractivity contribution in [3.8, 4) is 0 Å². The summed E-state index contributed by atoms with van der Waals surface area (Å²) in [5, 5.41) is 5.65. The van der Waals surface area contributed by atoms with E-state index in [9.17, 15) is 24.0 Å². The molecule has 0 fully saturated rings. The van der Waals surface area contributed by atoms with Crippen molar-refractivity contribution in [1.29, 1.82) is 0 Å². The second-order valence-corrected chi connectivity index (χ2v) is 15.4. The van der Waals surface area contributed by atoms with Crippen molar-refractivity contribution in [1.82, 2.24) is 15.1 Å². The van der Waals surface area contributed by atoms with Gasteiger partial charge in [0.1, 0.15) is 24.3 Å². The van der Waals surface area contributed by atoms with Gasteiger partial charge in [0, 0.05) is 30.8 Å². The second kappa shape index (κ2) is 18.1. The van der Waals surface area contributed by atoms with E-state index in [1.54, 1.807) is 85.9 Å². The van der Waals surface area contributed by atoms with Gasteiger partial charge in [0.05, 0.1) is 12.6 Å². The van der Waals surface area contributed by atoms with E-state index in [0.29, 0.717) is 16.8 Å². The van der Waals surface area contributed by atoms with Crippen molar-refractivity contribution < 1.29 is 38.2 Å². The molecular formula is C38H60N4O8. The van der Waals surface area contributed by atoms with Gasteiger partial charge in [-0.2, -0.15) is 0 Å². The average Bonchev–Trinajstić information content (AvgIpc) is 2.99. The predicted molar refractivity (Wildman–Crippen MR) is 196 cm³/mol. The minimum Gasteiger partial charge on any atom is -0.463 e. The number of nitrogens with zero attached hydrogens (tertiary/aromatic N) is 2. The molecule has 0 saturated heterocycles. The molecule has 1 aromatic rings. The van der Waals surface area contributed by atoms with E-state index in [2.05, 4.69) is 17.2 Å². The highest BCUT2D eigenvalue weighted by Crippen LogP contribution is 2.34. The van der Waals surface area contributed by atoms with E-state index < -0.39 is 58.6 Å². The number of anilines is 1. The van der Waals surface area contributed by atoms with Crippen LogP contribution in [0.4, 0.5) is 15.3 Å². The van der Waals surface area contributed by atoms with E-state index in [-0.39, 0.29) is 25.0 Å². The van der Waals surface area contributed by atoms with Gasteiger partial charge in [-0.25, -0.2) is 14.4 Å². The lowest BCUT2D eigenvalue weighted by Crippen LogP contribution is -2.63. The molecule has 3 atom stereocenters. The van der Waals surface area contributed by atoms with Gasteiger partial charge < -0.3 is 24.4 Å². The summed E-state index contributed by atoms with van der Waals surface area (Å²) < 4.78 is 15.9. The molecule has 12 heteroatoms. The molecule has 12 nitrogen and oxygen atoms in total. The molecule has 0 bridgehead atoms. The van der Waals surface area contributed by atoms with E-state index in [1.165, 1.54) is 22.9 Å². The molecular weight excluding hydrogens is 640 g/mol. The van der Waals surface area contributed by atoms with Crippen molar-refractivity contribution in [3.05, 3.63) is 54.1 Å². The Morgan fingerprint density at radius 1 is 0.940 bits per heavy atom. The Bertz CT molecular complexity index is 1400. The second-order valence-electron chi connectivity index (χ2n) is 15.4. The van der Waals surface area contributed by atoms with E-state index in [0.717, 1.165) is 0 Å². The molecule has 3 unspecified atom stereocenters. The van der Waals surface area contributed by atoms with E-state index in [4.69, 9.17) is 14.2 Å². The Morgan fingerprint density at radius 2 is 1.54 bits per heavy atom. The third kappa shape index (κ3) is 12.5. The first-order valence-corrected chi connectivity index (χ1v) is 16.9. The molecule has 0 aliphatic rings. The number of likely N-dealkylation sites (N-methyl/N-ethyl adjacent to an activating group) is 2. The molecule has 0 spiro atoms. The van der Waals surface area contributed by atoms with Gasteiger partial charge in [-0.3, -0.25) is 19.8 Å². The number of ether oxygens (including phenoxy) is 3. The molecule has 4 amide bonds. The number of amides is 4. The Balaban J connectivity index is 3.71. The lowest BCUT2D eigenvalue weighted by Gasteiger charge is -2.42. The Kier molecular flexibility index (Phi) is 15.8. The lowest BCUT2D eigenvalue weighted by molar-refractivity contribution is -0.142. The van der Waals surface area contributed by atoms with E-state index >= 15 is 0 Å². The average molecular weight is 701 g/mol. The molecule has 2 N–H and O–H groups in total. The largest absolute Gasteiger partial charge is 0.463 e. The van der Waals surface area contributed by atoms with Crippen molar-refractivity contribution in [2.24, 2.45) is 11.3 Å². The van der Waals surface area contributed by atoms with Gasteiger partial charge in [-0.15, -0.1) is 0 Å². The highest BCUT2D eigenvalue weighted by molar-refractivity contribution is 5.93. The predicted octanol–water partition coefficient (Wildman–Crippen LogP) is 6.46. The molecule has 0 radical (unpaired) electrons. The normalized spacial score (nSPS) is 14.1. The number of carbonyl (C=O) groups is 5. The molecule has 0 heterocycles. The minimum atomic E-state index is -1.19. The van der Waals surface area contributed by atoms with Crippen LogP contribution < -0.4 is 10.6 Å². The quantitative estimate of drug-likeness (QED) is 0.0975. The van der Waals surface area contributed by atoms with Gasteiger partial charge >= 0.3 is 18.2 Å². The van der Waals surface area contributed by atoms with Crippen LogP contribution in [0.25, 0.3) is 0 Å². The maximum atomic E-state index is 14.6. The number of esters is 1. The van der Waals surface area contributed by atoms with Crippen LogP contribution in [0.1, 0.15) is 88.6 Å². The van der Waals surface area contributed by atoms with Gasteiger partial charge in [-0.1, -0.05) is 79.3 Å². The molecule has 0 aromatic heterocycles. The number of hydrogen-bond acceptors (Lipinski definition) is 8. The molecule has 0 aliphatic carbocycles. The number of hydrogen-bond donors (Lipinski definition) is 2. The van der Waals surface area contributed by atoms with E-state index in [1.807, 2.05) is 34.6 Å². The SMILES string of the molecule is C=CCOC(=O)Nc1cccc(C(C)(C)C(C(=O)NC(C(=O)N(C)C(/C=C(\C)C(=O)OCC)C(C)C)C(C)(C)C)N(C)C(=O)OC(C)(C)C)c1. The van der Waals surface area contributed by atoms with Gasteiger partial charge in [0.25, 0.3) is 0 Å². The summed E-state index contributed by atoms with van der Waals surface area (Å²) in [4.78, 5) is 69.8. The molecule has 0 saturated carbocycles. The molecule has 0 aliphatic heterocycles. The van der Waals surface area contributed by atoms with Crippen LogP contribution in [0, 0.1) is 11.3 Å². The van der Waals surface area contributed by atoms with Gasteiger partial charge in [0.2, 0.25) is 11.8 Å². The summed E-state index contributed by atoms with van der Waals surface area (Å²) in [5.41, 5.74) is -1.30. The summed E-state index contributed by atoms with van der Waals surface area (Å²) in [7, 11) is 3.12. The summed E-state index contributed by atoms with van der Waals surface area (Å²) in [6, 6.07) is 4.18. The Morgan fingerprint density at radius 3 is 2.04 bits per heavy atom. The fraction of sp³-hybridized carbons (Fsp3) is 0.605. The molecule has 1 rings (SSSR count). The fourth-order valence-corrected chi connectivity index (χ4v) is 5.41. The molecule has 1 aromatic carbocycles. The number of benzene rings is 1. The number of carbonyl (C=O) groups excluding carboxylic acids is 5. The number of rotatable bonds is 14. The fourth-order valence-electron chi connectivity index (χ4n) is 5.41. The Labute approximate surface area is 298 Å². The summed E-state index contributed by atoms with van der Waals surface area (Å²) in [6.07, 6.45) is 1.75. The topological polar surface area (TPSA) is 144 Å². The highest BCUT2D eigenvalue weighted by atomic mass is 16.6. The van der Waals surface area contributed by atoms with Crippen LogP contribution in [0.15, 0.2) is 48.6 Å². The summed E-state index contributed by atoms with van der Waals surface area (Å²) in [6.45, 7) is 25.3. The third-order valence-corrected chi connectivity index (χ3v) is 8.08. The first kappa shape index (κ1) is 43.7. The van der Waals surface area contributed by atoms with Crippen molar-refractivity contribution >= 4 is 35.7 Å². The standard InChI is InChI=1S/C38H60N4O8/c1-16-21-49-34(46)39-27-20-18-19-26(23-27)38(12,13)30(42(15)35(47)50-37(9,10)11)31(43)40-29(36(6,7)8)32(44)41(14)28(24(3)4)22-25(5)33(45)48-17-2/h16,18-20,22-24,28-30H,1,17,21H2,2-15H3,(H,39,46)(H,40,43)/b25-22+. The zero-order valence-corrected chi connectivity index (χ0v) is 32.6. The first-order chi connectivity index (χ1) is 22.9. The zero-order chi connectivity index (χ0) is 38.8. The van der Waals surface area contributed by atoms with Crippen LogP contribution in [-0.2, 0) is 34.0 Å². The van der Waals surface area contributed by atoms with Crippen LogP contribution in [-0.4, -0.2) is 90.8 Å². The van der Waals surface area contributed by atoms with Crippen molar-refractivity contribution in [2.45, 2.75) is 112 Å². The minimum absolute atomic E-state index is 0.0298. The summed E-state index contributed by atoms with van der Waals surface area (Å²) >= 11 is 0. The van der Waals surface area contributed by atoms with Crippen molar-refractivity contribution in [3.63, 3.8) is 0 Å². The molecule has 280 valence electrons. The summed E-state index contributed by atoms with van der Waals surface area (Å²) in [5.74, 6) is -1.52. The van der Waals surface area contributed by atoms with Crippen molar-refractivity contribution in [2.75, 3.05) is 32.6 Å². The maximum Gasteiger partial charge on any atom is 0.411 e. The smallest absolute Gasteiger partial charge is 0.411 e. The van der Waals surface area contributed by atoms with Crippen LogP contribution >= 0.6 is 0 Å². The lowest BCUT2D eigenvalue weighted by atomic mass is 9.76. The van der Waals surface area contributed by atoms with Crippen LogP contribution in [0.5, 0.6) is 0 Å². The van der Waals surface area contributed by atoms with Crippen LogP contribution in [0.3, 0.4) is 0 Å². The van der Waals surface area contributed by atoms with Gasteiger partial charge in [0.15, 0.2) is 0 Å². The maximum absolute atomic E-state index is 14.6. The Hall–Kier alpha value is -4.35. The number of nitrogens with one attached hydrogen (secondary N) is 2. The van der Waals surface area contributed by atoms with Gasteiger partial charge in [-0.05, 0) is 63.6 Å². The molecule has 50 heavy (non-hydrogen) atoms. The first-order valence-electron chi connectivity index (χ1n) is 16.9. The highest BCUT2D eigenvalue weighted by Gasteiger charge is 2.46. The third-order valence-electron chi connectivity index (χ3n) is 8.08. The zero-order valence-electron chi connectivity index (χ0n) is 32.6.